The molecule has 5 nitrogen and oxygen atoms in total. The number of nitrogens with zero attached hydrogens (tertiary/aromatic N) is 1. The normalized spacial score (nSPS) is 11.3. The van der Waals surface area contributed by atoms with E-state index in [4.69, 9.17) is 0 Å². The Hall–Kier alpha value is -3.62. The van der Waals surface area contributed by atoms with Crippen molar-refractivity contribution in [3.8, 4) is 5.69 Å². The second kappa shape index (κ2) is 8.63. The van der Waals surface area contributed by atoms with Crippen molar-refractivity contribution in [3.05, 3.63) is 82.9 Å². The van der Waals surface area contributed by atoms with Gasteiger partial charge in [-0.1, -0.05) is 18.2 Å². The van der Waals surface area contributed by atoms with Crippen LogP contribution in [0.1, 0.15) is 32.1 Å². The predicted octanol–water partition coefficient (Wildman–Crippen LogP) is 4.78. The van der Waals surface area contributed by atoms with Crippen LogP contribution in [-0.2, 0) is 0 Å². The van der Waals surface area contributed by atoms with Crippen LogP contribution in [-0.4, -0.2) is 29.1 Å². The molecule has 2 amide bonds. The summed E-state index contributed by atoms with van der Waals surface area (Å²) >= 11 is 0. The van der Waals surface area contributed by atoms with Crippen molar-refractivity contribution >= 4 is 17.5 Å². The minimum Gasteiger partial charge on any atom is -0.343 e. The molecule has 31 heavy (non-hydrogen) atoms. The van der Waals surface area contributed by atoms with Gasteiger partial charge in [-0.25, -0.2) is 4.39 Å². The van der Waals surface area contributed by atoms with Gasteiger partial charge in [0.05, 0.1) is 11.3 Å². The van der Waals surface area contributed by atoms with Gasteiger partial charge < -0.3 is 15.2 Å². The Morgan fingerprint density at radius 2 is 1.68 bits per heavy atom. The quantitative estimate of drug-likeness (QED) is 0.569. The zero-order valence-electron chi connectivity index (χ0n) is 16.7. The molecule has 0 radical (unpaired) electrons. The molecular weight excluding hydrogens is 414 g/mol. The van der Waals surface area contributed by atoms with Gasteiger partial charge >= 0.3 is 6.18 Å². The molecule has 0 bridgehead atoms. The molecule has 0 aliphatic rings. The summed E-state index contributed by atoms with van der Waals surface area (Å²) in [6.45, 7) is 1.96. The van der Waals surface area contributed by atoms with E-state index in [1.54, 1.807) is 48.0 Å². The van der Waals surface area contributed by atoms with E-state index in [1.807, 2.05) is 0 Å². The number of aryl methyl sites for hydroxylation is 1. The zero-order chi connectivity index (χ0) is 22.8. The number of hydrogen-bond donors (Lipinski definition) is 2. The van der Waals surface area contributed by atoms with Crippen LogP contribution in [0.25, 0.3) is 5.69 Å². The highest BCUT2D eigenvalue weighted by Gasteiger charge is 2.28. The molecule has 0 spiro atoms. The van der Waals surface area contributed by atoms with Crippen LogP contribution in [0.4, 0.5) is 23.2 Å². The molecule has 2 aromatic carbocycles. The lowest BCUT2D eigenvalue weighted by atomic mass is 10.1. The standard InChI is InChI=1S/C22H19F4N3O2/c1-13-10-17(14(2)29(13)19-9-4-3-8-18(19)23)21(31)28-16-7-5-6-15(11-16)20(30)27-12-22(24,25)26/h3-11H,12H2,1-2H3,(H,27,30)(H,28,31). The van der Waals surface area contributed by atoms with E-state index in [-0.39, 0.29) is 11.3 Å². The number of hydrogen-bond acceptors (Lipinski definition) is 2. The Balaban J connectivity index is 1.81. The highest BCUT2D eigenvalue weighted by atomic mass is 19.4. The van der Waals surface area contributed by atoms with E-state index in [2.05, 4.69) is 5.32 Å². The van der Waals surface area contributed by atoms with Crippen LogP contribution in [0.2, 0.25) is 0 Å². The maximum atomic E-state index is 14.2. The molecule has 1 aromatic heterocycles. The fourth-order valence-electron chi connectivity index (χ4n) is 3.22. The SMILES string of the molecule is Cc1cc(C(=O)Nc2cccc(C(=O)NCC(F)(F)F)c2)c(C)n1-c1ccccc1F. The van der Waals surface area contributed by atoms with Crippen molar-refractivity contribution < 1.29 is 27.2 Å². The molecule has 0 aliphatic carbocycles. The second-order valence-corrected chi connectivity index (χ2v) is 6.90. The van der Waals surface area contributed by atoms with Crippen molar-refractivity contribution in [2.24, 2.45) is 0 Å². The van der Waals surface area contributed by atoms with Gasteiger partial charge in [0.25, 0.3) is 11.8 Å². The van der Waals surface area contributed by atoms with Crippen molar-refractivity contribution in [1.82, 2.24) is 9.88 Å². The summed E-state index contributed by atoms with van der Waals surface area (Å²) in [5.74, 6) is -1.84. The number of nitrogens with one attached hydrogen (secondary N) is 2. The lowest BCUT2D eigenvalue weighted by Gasteiger charge is -2.11. The summed E-state index contributed by atoms with van der Waals surface area (Å²) in [7, 11) is 0. The Bertz CT molecular complexity index is 1140. The highest BCUT2D eigenvalue weighted by Crippen LogP contribution is 2.24. The van der Waals surface area contributed by atoms with Crippen LogP contribution in [0.5, 0.6) is 0 Å². The first-order chi connectivity index (χ1) is 14.6. The third-order valence-corrected chi connectivity index (χ3v) is 4.60. The number of rotatable bonds is 5. The zero-order valence-corrected chi connectivity index (χ0v) is 16.7. The van der Waals surface area contributed by atoms with E-state index in [1.165, 1.54) is 30.3 Å². The minimum absolute atomic E-state index is 0.0288. The maximum absolute atomic E-state index is 14.2. The van der Waals surface area contributed by atoms with Gasteiger partial charge in [-0.3, -0.25) is 9.59 Å². The molecule has 0 fully saturated rings. The van der Waals surface area contributed by atoms with E-state index in [0.717, 1.165) is 0 Å². The molecule has 0 saturated carbocycles. The smallest absolute Gasteiger partial charge is 0.343 e. The number of halogens is 4. The number of carbonyl (C=O) groups is 2. The number of anilines is 1. The van der Waals surface area contributed by atoms with E-state index < -0.39 is 30.4 Å². The van der Waals surface area contributed by atoms with Crippen molar-refractivity contribution in [2.45, 2.75) is 20.0 Å². The van der Waals surface area contributed by atoms with Crippen molar-refractivity contribution in [3.63, 3.8) is 0 Å². The van der Waals surface area contributed by atoms with Crippen LogP contribution in [0.3, 0.4) is 0 Å². The average molecular weight is 433 g/mol. The lowest BCUT2D eigenvalue weighted by Crippen LogP contribution is -2.33. The number of aromatic nitrogens is 1. The van der Waals surface area contributed by atoms with Crippen LogP contribution in [0.15, 0.2) is 54.6 Å². The average Bonchev–Trinajstić information content (AvgIpc) is 3.00. The summed E-state index contributed by atoms with van der Waals surface area (Å²) in [5.41, 5.74) is 1.97. The Morgan fingerprint density at radius 3 is 2.35 bits per heavy atom. The first kappa shape index (κ1) is 22.1. The molecule has 2 N–H and O–H groups in total. The van der Waals surface area contributed by atoms with Crippen molar-refractivity contribution in [1.29, 1.82) is 0 Å². The van der Waals surface area contributed by atoms with E-state index in [9.17, 15) is 27.2 Å². The van der Waals surface area contributed by atoms with Crippen molar-refractivity contribution in [2.75, 3.05) is 11.9 Å². The molecule has 1 heterocycles. The largest absolute Gasteiger partial charge is 0.405 e. The Labute approximate surface area is 175 Å². The van der Waals surface area contributed by atoms with Gasteiger partial charge in [-0.05, 0) is 50.2 Å². The minimum atomic E-state index is -4.53. The van der Waals surface area contributed by atoms with Gasteiger partial charge in [-0.15, -0.1) is 0 Å². The van der Waals surface area contributed by atoms with Crippen LogP contribution >= 0.6 is 0 Å². The summed E-state index contributed by atoms with van der Waals surface area (Å²) < 4.78 is 52.7. The molecule has 0 aliphatic heterocycles. The number of amides is 2. The first-order valence-electron chi connectivity index (χ1n) is 9.27. The first-order valence-corrected chi connectivity index (χ1v) is 9.27. The fraction of sp³-hybridized carbons (Fsp3) is 0.182. The summed E-state index contributed by atoms with van der Waals surface area (Å²) in [5, 5.41) is 4.40. The predicted molar refractivity (Wildman–Crippen MR) is 108 cm³/mol. The molecule has 0 unspecified atom stereocenters. The van der Waals surface area contributed by atoms with Gasteiger partial charge in [0, 0.05) is 22.6 Å². The fourth-order valence-corrected chi connectivity index (χ4v) is 3.22. The molecule has 0 saturated heterocycles. The van der Waals surface area contributed by atoms with Gasteiger partial charge in [-0.2, -0.15) is 13.2 Å². The van der Waals surface area contributed by atoms with Gasteiger partial charge in [0.15, 0.2) is 0 Å². The summed E-state index contributed by atoms with van der Waals surface area (Å²) in [6.07, 6.45) is -4.53. The number of benzene rings is 2. The highest BCUT2D eigenvalue weighted by molar-refractivity contribution is 6.06. The van der Waals surface area contributed by atoms with E-state index in [0.29, 0.717) is 22.6 Å². The Kier molecular flexibility index (Phi) is 6.14. The van der Waals surface area contributed by atoms with Crippen LogP contribution < -0.4 is 10.6 Å². The van der Waals surface area contributed by atoms with E-state index >= 15 is 0 Å². The molecule has 0 atom stereocenters. The Morgan fingerprint density at radius 1 is 0.968 bits per heavy atom. The van der Waals surface area contributed by atoms with Crippen LogP contribution in [0, 0.1) is 19.7 Å². The third-order valence-electron chi connectivity index (χ3n) is 4.60. The summed E-state index contributed by atoms with van der Waals surface area (Å²) in [6, 6.07) is 13.4. The molecular formula is C22H19F4N3O2. The van der Waals surface area contributed by atoms with Gasteiger partial charge in [0.1, 0.15) is 12.4 Å². The summed E-state index contributed by atoms with van der Waals surface area (Å²) in [4.78, 5) is 24.7. The molecule has 9 heteroatoms. The van der Waals surface area contributed by atoms with Gasteiger partial charge in [0.2, 0.25) is 0 Å². The third kappa shape index (κ3) is 5.11. The molecule has 162 valence electrons. The monoisotopic (exact) mass is 433 g/mol. The molecule has 3 aromatic rings. The number of para-hydroxylation sites is 1. The second-order valence-electron chi connectivity index (χ2n) is 6.90. The number of carbonyl (C=O) groups excluding carboxylic acids is 2. The topological polar surface area (TPSA) is 63.1 Å². The number of alkyl halides is 3. The molecule has 3 rings (SSSR count). The lowest BCUT2D eigenvalue weighted by molar-refractivity contribution is -0.123. The maximum Gasteiger partial charge on any atom is 0.405 e.